The molecule has 0 saturated carbocycles. The molecule has 0 radical (unpaired) electrons. The molecule has 0 amide bonds. The Morgan fingerprint density at radius 2 is 1.02 bits per heavy atom. The zero-order valence-electron chi connectivity index (χ0n) is 25.1. The Bertz CT molecular complexity index is 2480. The number of hydrogen-bond donors (Lipinski definition) is 0. The molecule has 3 aromatic heterocycles. The molecule has 0 spiro atoms. The van der Waals surface area contributed by atoms with Gasteiger partial charge in [0.1, 0.15) is 6.07 Å². The van der Waals surface area contributed by atoms with Gasteiger partial charge >= 0.3 is 0 Å². The van der Waals surface area contributed by atoms with Crippen LogP contribution in [0.15, 0.2) is 103 Å². The Morgan fingerprint density at radius 1 is 0.523 bits per heavy atom. The summed E-state index contributed by atoms with van der Waals surface area (Å²) in [7, 11) is 0. The van der Waals surface area contributed by atoms with Gasteiger partial charge in [0.25, 0.3) is 0 Å². The Balaban J connectivity index is 1.55. The Labute approximate surface area is 255 Å². The summed E-state index contributed by atoms with van der Waals surface area (Å²) in [5.74, 6) is 0.638. The first-order valence-electron chi connectivity index (χ1n) is 14.8. The van der Waals surface area contributed by atoms with Gasteiger partial charge in [-0.15, -0.1) is 0 Å². The van der Waals surface area contributed by atoms with Crippen molar-refractivity contribution in [2.75, 3.05) is 0 Å². The highest BCUT2D eigenvalue weighted by Crippen LogP contribution is 2.40. The van der Waals surface area contributed by atoms with E-state index in [9.17, 15) is 5.26 Å². The van der Waals surface area contributed by atoms with Crippen molar-refractivity contribution in [3.8, 4) is 28.8 Å². The maximum absolute atomic E-state index is 10.8. The number of nitriles is 1. The van der Waals surface area contributed by atoms with Crippen molar-refractivity contribution in [2.24, 2.45) is 0 Å². The van der Waals surface area contributed by atoms with Gasteiger partial charge in [-0.1, -0.05) is 60.7 Å². The fourth-order valence-corrected chi connectivity index (χ4v) is 6.74. The molecule has 0 fully saturated rings. The first kappa shape index (κ1) is 25.9. The summed E-state index contributed by atoms with van der Waals surface area (Å²) in [5.41, 5.74) is 11.5. The lowest BCUT2D eigenvalue weighted by atomic mass is 10.0. The molecule has 0 aliphatic carbocycles. The minimum absolute atomic E-state index is 0.580. The van der Waals surface area contributed by atoms with E-state index in [4.69, 9.17) is 9.97 Å². The second-order valence-electron chi connectivity index (χ2n) is 11.7. The number of fused-ring (bicyclic) bond motifs is 6. The Kier molecular flexibility index (Phi) is 5.69. The standard InChI is InChI=1S/C39H29N5/c1-23-13-15-30-28-9-5-7-11-33(28)43(36(30)17-23)35-21-32(39-41-25(3)19-26(4)42-39)38(20-27(35)22-40)44-34-12-8-6-10-29(34)31-16-14-24(2)18-37(31)44/h5-21H,1-4H3. The summed E-state index contributed by atoms with van der Waals surface area (Å²) in [6.07, 6.45) is 0. The third kappa shape index (κ3) is 3.85. The van der Waals surface area contributed by atoms with E-state index in [1.54, 1.807) is 0 Å². The van der Waals surface area contributed by atoms with Crippen molar-refractivity contribution >= 4 is 43.6 Å². The second-order valence-corrected chi connectivity index (χ2v) is 11.7. The predicted molar refractivity (Wildman–Crippen MR) is 180 cm³/mol. The highest BCUT2D eigenvalue weighted by atomic mass is 15.0. The number of hydrogen-bond acceptors (Lipinski definition) is 3. The number of aryl methyl sites for hydroxylation is 4. The molecule has 0 aliphatic heterocycles. The zero-order valence-corrected chi connectivity index (χ0v) is 25.1. The molecule has 3 heterocycles. The molecular formula is C39H29N5. The van der Waals surface area contributed by atoms with Gasteiger partial charge in [0.2, 0.25) is 0 Å². The van der Waals surface area contributed by atoms with Gasteiger partial charge in [-0.05, 0) is 81.3 Å². The molecule has 8 aromatic rings. The molecule has 210 valence electrons. The van der Waals surface area contributed by atoms with Gasteiger partial charge < -0.3 is 9.13 Å². The number of aromatic nitrogens is 4. The monoisotopic (exact) mass is 567 g/mol. The van der Waals surface area contributed by atoms with Crippen molar-refractivity contribution in [1.82, 2.24) is 19.1 Å². The van der Waals surface area contributed by atoms with Crippen LogP contribution in [-0.2, 0) is 0 Å². The maximum atomic E-state index is 10.8. The van der Waals surface area contributed by atoms with E-state index in [1.807, 2.05) is 26.0 Å². The normalized spacial score (nSPS) is 11.6. The van der Waals surface area contributed by atoms with Crippen LogP contribution in [0.1, 0.15) is 28.1 Å². The van der Waals surface area contributed by atoms with Crippen LogP contribution in [0.3, 0.4) is 0 Å². The third-order valence-electron chi connectivity index (χ3n) is 8.60. The Morgan fingerprint density at radius 3 is 1.57 bits per heavy atom. The average Bonchev–Trinajstić information content (AvgIpc) is 3.51. The molecular weight excluding hydrogens is 538 g/mol. The highest BCUT2D eigenvalue weighted by Gasteiger charge is 2.23. The number of nitrogens with zero attached hydrogens (tertiary/aromatic N) is 5. The molecule has 0 bridgehead atoms. The van der Waals surface area contributed by atoms with Gasteiger partial charge in [-0.3, -0.25) is 0 Å². The molecule has 0 N–H and O–H groups in total. The summed E-state index contributed by atoms with van der Waals surface area (Å²) in [5, 5.41) is 15.4. The highest BCUT2D eigenvalue weighted by molar-refractivity contribution is 6.11. The summed E-state index contributed by atoms with van der Waals surface area (Å²) in [6.45, 7) is 8.22. The van der Waals surface area contributed by atoms with Gasteiger partial charge in [-0.2, -0.15) is 5.26 Å². The SMILES string of the molecule is Cc1ccc2c3ccccc3n(-c3cc(-c4nc(C)cc(C)n4)c(-n4c5ccccc5c5ccc(C)cc54)cc3C#N)c2c1. The van der Waals surface area contributed by atoms with E-state index in [1.165, 1.54) is 10.9 Å². The predicted octanol–water partition coefficient (Wildman–Crippen LogP) is 9.44. The minimum atomic E-state index is 0.580. The first-order valence-corrected chi connectivity index (χ1v) is 14.8. The van der Waals surface area contributed by atoms with Gasteiger partial charge in [0.05, 0.1) is 39.0 Å². The van der Waals surface area contributed by atoms with Crippen LogP contribution in [0.4, 0.5) is 0 Å². The van der Waals surface area contributed by atoms with Crippen molar-refractivity contribution in [3.05, 3.63) is 131 Å². The fourth-order valence-electron chi connectivity index (χ4n) is 6.74. The molecule has 44 heavy (non-hydrogen) atoms. The number of benzene rings is 5. The lowest BCUT2D eigenvalue weighted by Crippen LogP contribution is -2.06. The molecule has 5 nitrogen and oxygen atoms in total. The van der Waals surface area contributed by atoms with Crippen LogP contribution >= 0.6 is 0 Å². The Hall–Kier alpha value is -5.73. The third-order valence-corrected chi connectivity index (χ3v) is 8.60. The molecule has 0 atom stereocenters. The molecule has 5 aromatic carbocycles. The molecule has 0 aliphatic rings. The lowest BCUT2D eigenvalue weighted by molar-refractivity contribution is 1.05. The van der Waals surface area contributed by atoms with E-state index in [0.29, 0.717) is 11.4 Å². The summed E-state index contributed by atoms with van der Waals surface area (Å²) < 4.78 is 4.50. The maximum Gasteiger partial charge on any atom is 0.161 e. The van der Waals surface area contributed by atoms with Crippen molar-refractivity contribution < 1.29 is 0 Å². The van der Waals surface area contributed by atoms with Crippen LogP contribution in [0, 0.1) is 39.0 Å². The van der Waals surface area contributed by atoms with Gasteiger partial charge in [-0.25, -0.2) is 9.97 Å². The van der Waals surface area contributed by atoms with Crippen LogP contribution < -0.4 is 0 Å². The minimum Gasteiger partial charge on any atom is -0.308 e. The van der Waals surface area contributed by atoms with Gasteiger partial charge in [0.15, 0.2) is 5.82 Å². The number of rotatable bonds is 3. The molecule has 0 unspecified atom stereocenters. The average molecular weight is 568 g/mol. The van der Waals surface area contributed by atoms with Crippen LogP contribution in [0.25, 0.3) is 66.4 Å². The first-order chi connectivity index (χ1) is 21.4. The van der Waals surface area contributed by atoms with Crippen molar-refractivity contribution in [2.45, 2.75) is 27.7 Å². The van der Waals surface area contributed by atoms with Crippen LogP contribution in [0.2, 0.25) is 0 Å². The van der Waals surface area contributed by atoms with Crippen LogP contribution in [0.5, 0.6) is 0 Å². The quantitative estimate of drug-likeness (QED) is 0.214. The molecule has 5 heteroatoms. The summed E-state index contributed by atoms with van der Waals surface area (Å²) >= 11 is 0. The van der Waals surface area contributed by atoms with Crippen molar-refractivity contribution in [3.63, 3.8) is 0 Å². The smallest absolute Gasteiger partial charge is 0.161 e. The zero-order chi connectivity index (χ0) is 30.1. The van der Waals surface area contributed by atoms with E-state index in [-0.39, 0.29) is 0 Å². The van der Waals surface area contributed by atoms with E-state index >= 15 is 0 Å². The largest absolute Gasteiger partial charge is 0.308 e. The number of para-hydroxylation sites is 2. The van der Waals surface area contributed by atoms with Gasteiger partial charge in [0, 0.05) is 38.5 Å². The topological polar surface area (TPSA) is 59.4 Å². The molecule has 8 rings (SSSR count). The van der Waals surface area contributed by atoms with Crippen molar-refractivity contribution in [1.29, 1.82) is 5.26 Å². The van der Waals surface area contributed by atoms with E-state index < -0.39 is 0 Å². The van der Waals surface area contributed by atoms with E-state index in [2.05, 4.69) is 120 Å². The fraction of sp³-hybridized carbons (Fsp3) is 0.103. The molecule has 0 saturated heterocycles. The lowest BCUT2D eigenvalue weighted by Gasteiger charge is -2.18. The summed E-state index contributed by atoms with van der Waals surface area (Å²) in [4.78, 5) is 9.91. The van der Waals surface area contributed by atoms with E-state index in [0.717, 1.165) is 72.1 Å². The summed E-state index contributed by atoms with van der Waals surface area (Å²) in [6, 6.07) is 38.6. The van der Waals surface area contributed by atoms with Crippen LogP contribution in [-0.4, -0.2) is 19.1 Å². The second kappa shape index (κ2) is 9.65.